The molecule has 0 aliphatic carbocycles. The van der Waals surface area contributed by atoms with E-state index in [1.807, 2.05) is 13.8 Å². The van der Waals surface area contributed by atoms with Crippen molar-refractivity contribution in [3.8, 4) is 11.3 Å². The number of hydrogen-bond acceptors (Lipinski definition) is 4. The number of carbonyl (C=O) groups excluding carboxylic acids is 1. The van der Waals surface area contributed by atoms with Crippen LogP contribution in [0.2, 0.25) is 0 Å². The van der Waals surface area contributed by atoms with Gasteiger partial charge in [0.2, 0.25) is 0 Å². The Morgan fingerprint density at radius 2 is 2.00 bits per heavy atom. The third kappa shape index (κ3) is 4.19. The molecule has 0 radical (unpaired) electrons. The fourth-order valence-corrected chi connectivity index (χ4v) is 3.73. The number of fused-ring (bicyclic) bond motifs is 1. The molecule has 1 amide bonds. The Bertz CT molecular complexity index is 1110. The summed E-state index contributed by atoms with van der Waals surface area (Å²) in [5.74, 6) is -0.0419. The quantitative estimate of drug-likeness (QED) is 0.674. The van der Waals surface area contributed by atoms with Crippen molar-refractivity contribution >= 4 is 5.91 Å². The highest BCUT2D eigenvalue weighted by Crippen LogP contribution is 2.33. The zero-order valence-electron chi connectivity index (χ0n) is 17.4. The molecule has 1 unspecified atom stereocenters. The molecule has 1 atom stereocenters. The third-order valence-corrected chi connectivity index (χ3v) is 5.41. The van der Waals surface area contributed by atoms with Crippen molar-refractivity contribution in [2.24, 2.45) is 7.05 Å². The van der Waals surface area contributed by atoms with Gasteiger partial charge in [-0.05, 0) is 43.0 Å². The predicted molar refractivity (Wildman–Crippen MR) is 107 cm³/mol. The molecule has 0 aromatic carbocycles. The normalized spacial score (nSPS) is 16.4. The summed E-state index contributed by atoms with van der Waals surface area (Å²) in [7, 11) is 1.73. The van der Waals surface area contributed by atoms with Crippen molar-refractivity contribution in [2.75, 3.05) is 0 Å². The van der Waals surface area contributed by atoms with Crippen LogP contribution in [0.3, 0.4) is 0 Å². The molecule has 1 aliphatic rings. The van der Waals surface area contributed by atoms with Crippen LogP contribution in [0.15, 0.2) is 30.5 Å². The van der Waals surface area contributed by atoms with Gasteiger partial charge in [-0.15, -0.1) is 0 Å². The number of nitrogens with one attached hydrogen (secondary N) is 1. The fraction of sp³-hybridized carbons (Fsp3) is 0.429. The van der Waals surface area contributed by atoms with Crippen LogP contribution in [0.1, 0.15) is 66.2 Å². The lowest BCUT2D eigenvalue weighted by Crippen LogP contribution is -2.33. The standard InChI is InChI=1S/C21H23F3N6O/c1-12(2)15-10-18(29(3)27-15)20(31)26-14-5-4-8-30-17(14)11-16(28-30)13-6-7-25-19(9-13)21(22,23)24/h6-7,9-12,14H,4-5,8H2,1-3H3,(H,26,31). The van der Waals surface area contributed by atoms with E-state index in [1.165, 1.54) is 6.07 Å². The minimum Gasteiger partial charge on any atom is -0.342 e. The smallest absolute Gasteiger partial charge is 0.342 e. The van der Waals surface area contributed by atoms with Gasteiger partial charge in [-0.1, -0.05) is 13.8 Å². The lowest BCUT2D eigenvalue weighted by atomic mass is 10.0. The number of aromatic nitrogens is 5. The van der Waals surface area contributed by atoms with E-state index in [1.54, 1.807) is 28.5 Å². The number of pyridine rings is 1. The van der Waals surface area contributed by atoms with E-state index < -0.39 is 11.9 Å². The topological polar surface area (TPSA) is 77.6 Å². The molecule has 4 rings (SSSR count). The van der Waals surface area contributed by atoms with Crippen molar-refractivity contribution < 1.29 is 18.0 Å². The van der Waals surface area contributed by atoms with Crippen LogP contribution in [0.4, 0.5) is 13.2 Å². The Morgan fingerprint density at radius 3 is 2.68 bits per heavy atom. The number of nitrogens with zero attached hydrogens (tertiary/aromatic N) is 5. The number of alkyl halides is 3. The van der Waals surface area contributed by atoms with Crippen LogP contribution in [-0.2, 0) is 19.8 Å². The number of carbonyl (C=O) groups is 1. The predicted octanol–water partition coefficient (Wildman–Crippen LogP) is 4.09. The molecule has 0 saturated carbocycles. The van der Waals surface area contributed by atoms with Gasteiger partial charge >= 0.3 is 6.18 Å². The second-order valence-corrected chi connectivity index (χ2v) is 8.01. The summed E-state index contributed by atoms with van der Waals surface area (Å²) in [6, 6.07) is 5.72. The molecule has 1 aliphatic heterocycles. The van der Waals surface area contributed by atoms with Crippen LogP contribution >= 0.6 is 0 Å². The third-order valence-electron chi connectivity index (χ3n) is 5.41. The Labute approximate surface area is 177 Å². The summed E-state index contributed by atoms with van der Waals surface area (Å²) in [5.41, 5.74) is 1.87. The highest BCUT2D eigenvalue weighted by molar-refractivity contribution is 5.93. The number of halogens is 3. The van der Waals surface area contributed by atoms with Gasteiger partial charge in [0.25, 0.3) is 5.91 Å². The SMILES string of the molecule is CC(C)c1cc(C(=O)NC2CCCn3nc(-c4ccnc(C(F)(F)F)c4)cc32)n(C)n1. The van der Waals surface area contributed by atoms with Gasteiger partial charge in [0.05, 0.1) is 23.1 Å². The first-order valence-corrected chi connectivity index (χ1v) is 10.1. The molecule has 0 saturated heterocycles. The van der Waals surface area contributed by atoms with Gasteiger partial charge in [0.15, 0.2) is 0 Å². The van der Waals surface area contributed by atoms with E-state index in [9.17, 15) is 18.0 Å². The van der Waals surface area contributed by atoms with Gasteiger partial charge in [-0.3, -0.25) is 19.1 Å². The molecule has 31 heavy (non-hydrogen) atoms. The summed E-state index contributed by atoms with van der Waals surface area (Å²) < 4.78 is 42.4. The first-order valence-electron chi connectivity index (χ1n) is 10.1. The molecule has 1 N–H and O–H groups in total. The first kappa shape index (κ1) is 21.1. The van der Waals surface area contributed by atoms with E-state index in [4.69, 9.17) is 0 Å². The lowest BCUT2D eigenvalue weighted by molar-refractivity contribution is -0.141. The molecule has 0 bridgehead atoms. The van der Waals surface area contributed by atoms with Crippen LogP contribution in [0, 0.1) is 0 Å². The number of amides is 1. The van der Waals surface area contributed by atoms with E-state index in [-0.39, 0.29) is 17.9 Å². The largest absolute Gasteiger partial charge is 0.433 e. The van der Waals surface area contributed by atoms with Gasteiger partial charge in [0, 0.05) is 25.4 Å². The van der Waals surface area contributed by atoms with Crippen LogP contribution < -0.4 is 5.32 Å². The Balaban J connectivity index is 1.60. The summed E-state index contributed by atoms with van der Waals surface area (Å²) in [4.78, 5) is 16.3. The van der Waals surface area contributed by atoms with E-state index in [0.29, 0.717) is 23.5 Å². The van der Waals surface area contributed by atoms with E-state index in [2.05, 4.69) is 20.5 Å². The molecule has 3 aromatic rings. The van der Waals surface area contributed by atoms with Crippen molar-refractivity contribution in [1.82, 2.24) is 29.9 Å². The number of hydrogen-bond donors (Lipinski definition) is 1. The summed E-state index contributed by atoms with van der Waals surface area (Å²) >= 11 is 0. The Hall–Kier alpha value is -3.17. The minimum absolute atomic E-state index is 0.202. The van der Waals surface area contributed by atoms with E-state index >= 15 is 0 Å². The number of aryl methyl sites for hydroxylation is 2. The van der Waals surface area contributed by atoms with Crippen molar-refractivity contribution in [3.63, 3.8) is 0 Å². The maximum atomic E-state index is 13.0. The maximum absolute atomic E-state index is 13.0. The lowest BCUT2D eigenvalue weighted by Gasteiger charge is -2.24. The summed E-state index contributed by atoms with van der Waals surface area (Å²) in [6.07, 6.45) is -1.88. The molecule has 4 heterocycles. The molecule has 10 heteroatoms. The molecule has 0 fully saturated rings. The molecule has 0 spiro atoms. The second kappa shape index (κ2) is 7.82. The van der Waals surface area contributed by atoms with Gasteiger partial charge < -0.3 is 5.32 Å². The van der Waals surface area contributed by atoms with Crippen molar-refractivity contribution in [2.45, 2.75) is 51.4 Å². The monoisotopic (exact) mass is 432 g/mol. The highest BCUT2D eigenvalue weighted by atomic mass is 19.4. The van der Waals surface area contributed by atoms with Gasteiger partial charge in [0.1, 0.15) is 11.4 Å². The van der Waals surface area contributed by atoms with Crippen molar-refractivity contribution in [3.05, 3.63) is 53.2 Å². The summed E-state index contributed by atoms with van der Waals surface area (Å²) in [5, 5.41) is 11.9. The second-order valence-electron chi connectivity index (χ2n) is 8.01. The average molecular weight is 432 g/mol. The van der Waals surface area contributed by atoms with Gasteiger partial charge in [-0.25, -0.2) is 0 Å². The summed E-state index contributed by atoms with van der Waals surface area (Å²) in [6.45, 7) is 4.66. The zero-order chi connectivity index (χ0) is 22.3. The van der Waals surface area contributed by atoms with Crippen LogP contribution in [0.5, 0.6) is 0 Å². The van der Waals surface area contributed by atoms with Crippen molar-refractivity contribution in [1.29, 1.82) is 0 Å². The molecule has 164 valence electrons. The van der Waals surface area contributed by atoms with E-state index in [0.717, 1.165) is 36.5 Å². The van der Waals surface area contributed by atoms with Crippen LogP contribution in [0.25, 0.3) is 11.3 Å². The Morgan fingerprint density at radius 1 is 1.23 bits per heavy atom. The molecule has 7 nitrogen and oxygen atoms in total. The average Bonchev–Trinajstić information content (AvgIpc) is 3.32. The fourth-order valence-electron chi connectivity index (χ4n) is 3.73. The van der Waals surface area contributed by atoms with Gasteiger partial charge in [-0.2, -0.15) is 23.4 Å². The minimum atomic E-state index is -4.52. The molecule has 3 aromatic heterocycles. The number of rotatable bonds is 4. The Kier molecular flexibility index (Phi) is 5.32. The maximum Gasteiger partial charge on any atom is 0.433 e. The molecular weight excluding hydrogens is 409 g/mol. The first-order chi connectivity index (χ1) is 14.6. The highest BCUT2D eigenvalue weighted by Gasteiger charge is 2.33. The molecular formula is C21H23F3N6O. The zero-order valence-corrected chi connectivity index (χ0v) is 17.4. The van der Waals surface area contributed by atoms with Crippen LogP contribution in [-0.4, -0.2) is 30.5 Å².